The number of hydrogen-bond acceptors (Lipinski definition) is 2. The van der Waals surface area contributed by atoms with Crippen molar-refractivity contribution in [2.75, 3.05) is 7.11 Å². The third kappa shape index (κ3) is 2.28. The van der Waals surface area contributed by atoms with E-state index in [4.69, 9.17) is 16.3 Å². The standard InChI is InChI=1S/C11H8ClF3N2O/c1-18-8-4-2-7(3-5-8)10-9(12)6-16-17(10)11(13,14)15/h2-6H,1H3. The van der Waals surface area contributed by atoms with Crippen molar-refractivity contribution < 1.29 is 17.9 Å². The van der Waals surface area contributed by atoms with Crippen LogP contribution in [0, 0.1) is 0 Å². The van der Waals surface area contributed by atoms with Gasteiger partial charge < -0.3 is 4.74 Å². The van der Waals surface area contributed by atoms with Crippen molar-refractivity contribution in [3.05, 3.63) is 35.5 Å². The maximum atomic E-state index is 12.7. The number of rotatable bonds is 2. The number of methoxy groups -OCH3 is 1. The van der Waals surface area contributed by atoms with Gasteiger partial charge in [0.05, 0.1) is 24.0 Å². The molecule has 2 rings (SSSR count). The van der Waals surface area contributed by atoms with Crippen LogP contribution in [-0.4, -0.2) is 16.9 Å². The highest BCUT2D eigenvalue weighted by Gasteiger charge is 2.35. The SMILES string of the molecule is COc1ccc(-c2c(Cl)cnn2C(F)(F)F)cc1. The first-order chi connectivity index (χ1) is 8.43. The Balaban J connectivity index is 2.52. The molecule has 18 heavy (non-hydrogen) atoms. The molecule has 0 radical (unpaired) electrons. The Morgan fingerprint density at radius 3 is 2.33 bits per heavy atom. The molecular formula is C11H8ClF3N2O. The number of nitrogens with zero attached hydrogens (tertiary/aromatic N) is 2. The molecule has 7 heteroatoms. The summed E-state index contributed by atoms with van der Waals surface area (Å²) in [5.41, 5.74) is 0.127. The zero-order valence-electron chi connectivity index (χ0n) is 9.20. The van der Waals surface area contributed by atoms with Gasteiger partial charge in [-0.1, -0.05) is 11.6 Å². The van der Waals surface area contributed by atoms with Gasteiger partial charge in [0.25, 0.3) is 0 Å². The average molecular weight is 277 g/mol. The normalized spacial score (nSPS) is 11.6. The largest absolute Gasteiger partial charge is 0.505 e. The zero-order valence-corrected chi connectivity index (χ0v) is 9.96. The number of ether oxygens (including phenoxy) is 1. The molecule has 0 saturated heterocycles. The molecule has 0 atom stereocenters. The van der Waals surface area contributed by atoms with Crippen molar-refractivity contribution in [3.8, 4) is 17.0 Å². The third-order valence-electron chi connectivity index (χ3n) is 2.33. The van der Waals surface area contributed by atoms with Gasteiger partial charge in [0.1, 0.15) is 5.75 Å². The maximum absolute atomic E-state index is 12.7. The van der Waals surface area contributed by atoms with Crippen molar-refractivity contribution in [1.82, 2.24) is 9.78 Å². The highest BCUT2D eigenvalue weighted by molar-refractivity contribution is 6.33. The van der Waals surface area contributed by atoms with E-state index >= 15 is 0 Å². The van der Waals surface area contributed by atoms with Crippen molar-refractivity contribution in [1.29, 1.82) is 0 Å². The lowest BCUT2D eigenvalue weighted by Crippen LogP contribution is -2.19. The maximum Gasteiger partial charge on any atom is 0.505 e. The minimum atomic E-state index is -4.61. The van der Waals surface area contributed by atoms with Gasteiger partial charge in [0.2, 0.25) is 0 Å². The molecule has 0 fully saturated rings. The van der Waals surface area contributed by atoms with Crippen LogP contribution < -0.4 is 4.74 Å². The Labute approximate surface area is 106 Å². The van der Waals surface area contributed by atoms with Crippen molar-refractivity contribution in [2.24, 2.45) is 0 Å². The molecule has 0 amide bonds. The first kappa shape index (κ1) is 12.8. The fourth-order valence-corrected chi connectivity index (χ4v) is 1.76. The summed E-state index contributed by atoms with van der Waals surface area (Å²) in [4.78, 5) is 0. The Kier molecular flexibility index (Phi) is 3.21. The van der Waals surface area contributed by atoms with Gasteiger partial charge in [-0.05, 0) is 24.3 Å². The van der Waals surface area contributed by atoms with Crippen LogP contribution in [0.5, 0.6) is 5.75 Å². The Morgan fingerprint density at radius 2 is 1.83 bits per heavy atom. The number of hydrogen-bond donors (Lipinski definition) is 0. The fraction of sp³-hybridized carbons (Fsp3) is 0.182. The molecule has 0 aliphatic carbocycles. The lowest BCUT2D eigenvalue weighted by Gasteiger charge is -2.11. The molecule has 2 aromatic rings. The van der Waals surface area contributed by atoms with Gasteiger partial charge in [-0.25, -0.2) is 0 Å². The predicted molar refractivity (Wildman–Crippen MR) is 60.5 cm³/mol. The summed E-state index contributed by atoms with van der Waals surface area (Å²) < 4.78 is 43.0. The molecule has 0 aliphatic heterocycles. The van der Waals surface area contributed by atoms with E-state index in [-0.39, 0.29) is 15.4 Å². The van der Waals surface area contributed by atoms with E-state index in [1.54, 1.807) is 12.1 Å². The molecular weight excluding hydrogens is 269 g/mol. The topological polar surface area (TPSA) is 27.1 Å². The summed E-state index contributed by atoms with van der Waals surface area (Å²) in [6.07, 6.45) is -3.64. The third-order valence-corrected chi connectivity index (χ3v) is 2.60. The van der Waals surface area contributed by atoms with Gasteiger partial charge in [-0.3, -0.25) is 0 Å². The van der Waals surface area contributed by atoms with Crippen LogP contribution in [-0.2, 0) is 6.30 Å². The second kappa shape index (κ2) is 4.53. The summed E-state index contributed by atoms with van der Waals surface area (Å²) in [5, 5.41) is 3.18. The molecule has 0 spiro atoms. The zero-order chi connectivity index (χ0) is 13.3. The van der Waals surface area contributed by atoms with Crippen LogP contribution >= 0.6 is 11.6 Å². The summed E-state index contributed by atoms with van der Waals surface area (Å²) >= 11 is 5.74. The average Bonchev–Trinajstić information content (AvgIpc) is 2.71. The first-order valence-electron chi connectivity index (χ1n) is 4.88. The van der Waals surface area contributed by atoms with Crippen LogP contribution in [0.15, 0.2) is 30.5 Å². The summed E-state index contributed by atoms with van der Waals surface area (Å²) in [5.74, 6) is 0.549. The smallest absolute Gasteiger partial charge is 0.497 e. The highest BCUT2D eigenvalue weighted by Crippen LogP contribution is 2.34. The number of benzene rings is 1. The predicted octanol–water partition coefficient (Wildman–Crippen LogP) is 3.69. The summed E-state index contributed by atoms with van der Waals surface area (Å²) in [6, 6.07) is 6.09. The quantitative estimate of drug-likeness (QED) is 0.836. The lowest BCUT2D eigenvalue weighted by atomic mass is 10.1. The van der Waals surface area contributed by atoms with E-state index in [1.165, 1.54) is 19.2 Å². The summed E-state index contributed by atoms with van der Waals surface area (Å²) in [6.45, 7) is 0. The van der Waals surface area contributed by atoms with Gasteiger partial charge in [-0.2, -0.15) is 9.78 Å². The van der Waals surface area contributed by atoms with E-state index < -0.39 is 6.30 Å². The van der Waals surface area contributed by atoms with Crippen LogP contribution in [0.1, 0.15) is 0 Å². The van der Waals surface area contributed by atoms with Gasteiger partial charge >= 0.3 is 6.30 Å². The molecule has 0 N–H and O–H groups in total. The number of alkyl halides is 3. The van der Waals surface area contributed by atoms with Crippen LogP contribution in [0.25, 0.3) is 11.3 Å². The molecule has 1 heterocycles. The Bertz CT molecular complexity index is 548. The molecule has 0 unspecified atom stereocenters. The van der Waals surface area contributed by atoms with Gasteiger partial charge in [0, 0.05) is 5.56 Å². The van der Waals surface area contributed by atoms with E-state index in [0.29, 0.717) is 11.3 Å². The first-order valence-corrected chi connectivity index (χ1v) is 5.26. The minimum Gasteiger partial charge on any atom is -0.497 e. The molecule has 0 bridgehead atoms. The van der Waals surface area contributed by atoms with Crippen molar-refractivity contribution >= 4 is 11.6 Å². The number of halogens is 4. The van der Waals surface area contributed by atoms with Crippen LogP contribution in [0.4, 0.5) is 13.2 Å². The molecule has 3 nitrogen and oxygen atoms in total. The molecule has 0 aliphatic rings. The van der Waals surface area contributed by atoms with Gasteiger partial charge in [0.15, 0.2) is 0 Å². The summed E-state index contributed by atoms with van der Waals surface area (Å²) in [7, 11) is 1.47. The van der Waals surface area contributed by atoms with E-state index in [0.717, 1.165) is 6.20 Å². The van der Waals surface area contributed by atoms with E-state index in [2.05, 4.69) is 5.10 Å². The molecule has 96 valence electrons. The van der Waals surface area contributed by atoms with Crippen LogP contribution in [0.3, 0.4) is 0 Å². The Morgan fingerprint density at radius 1 is 1.22 bits per heavy atom. The lowest BCUT2D eigenvalue weighted by molar-refractivity contribution is -0.210. The number of aromatic nitrogens is 2. The molecule has 1 aromatic heterocycles. The second-order valence-electron chi connectivity index (χ2n) is 3.45. The second-order valence-corrected chi connectivity index (χ2v) is 3.86. The minimum absolute atomic E-state index is 0.0579. The van der Waals surface area contributed by atoms with Crippen molar-refractivity contribution in [2.45, 2.75) is 6.30 Å². The fourth-order valence-electron chi connectivity index (χ4n) is 1.53. The molecule has 1 aromatic carbocycles. The monoisotopic (exact) mass is 276 g/mol. The van der Waals surface area contributed by atoms with Crippen LogP contribution in [0.2, 0.25) is 5.02 Å². The van der Waals surface area contributed by atoms with Crippen molar-refractivity contribution in [3.63, 3.8) is 0 Å². The van der Waals surface area contributed by atoms with Gasteiger partial charge in [-0.15, -0.1) is 13.2 Å². The van der Waals surface area contributed by atoms with E-state index in [9.17, 15) is 13.2 Å². The van der Waals surface area contributed by atoms with E-state index in [1.807, 2.05) is 0 Å². The Hall–Kier alpha value is -1.69. The highest BCUT2D eigenvalue weighted by atomic mass is 35.5. The molecule has 0 saturated carbocycles.